The Morgan fingerprint density at radius 2 is 1.71 bits per heavy atom. The molecule has 0 nitrogen and oxygen atoms in total. The molecule has 0 aliphatic rings. The van der Waals surface area contributed by atoms with Gasteiger partial charge in [0.15, 0.2) is 0 Å². The summed E-state index contributed by atoms with van der Waals surface area (Å²) in [6.45, 7) is 4.48. The standard InChI is InChI=1S/C4H11PSe2/c1-3-5(6,7)4-2/h3-4H2,1-2H3,(H,6,7). The number of hydrogen-bond acceptors (Lipinski definition) is 0. The summed E-state index contributed by atoms with van der Waals surface area (Å²) in [5.74, 6) is 0. The molecule has 0 aliphatic carbocycles. The predicted molar refractivity (Wildman–Crippen MR) is 40.9 cm³/mol. The maximum absolute atomic E-state index is 3.24. The molecule has 3 heteroatoms. The topological polar surface area (TPSA) is 0 Å². The Morgan fingerprint density at radius 3 is 1.71 bits per heavy atom. The van der Waals surface area contributed by atoms with Gasteiger partial charge in [0.1, 0.15) is 0 Å². The van der Waals surface area contributed by atoms with Crippen molar-refractivity contribution in [2.75, 3.05) is 12.3 Å². The average Bonchev–Trinajstić information content (AvgIpc) is 1.68. The summed E-state index contributed by atoms with van der Waals surface area (Å²) >= 11 is 6.02. The first-order chi connectivity index (χ1) is 3.12. The molecule has 0 aromatic heterocycles. The van der Waals surface area contributed by atoms with Crippen LogP contribution in [0.4, 0.5) is 0 Å². The molecule has 0 heterocycles. The summed E-state index contributed by atoms with van der Waals surface area (Å²) in [5.41, 5.74) is 0. The second-order valence-electron chi connectivity index (χ2n) is 1.48. The molecule has 7 heavy (non-hydrogen) atoms. The van der Waals surface area contributed by atoms with Crippen LogP contribution in [0.15, 0.2) is 0 Å². The maximum atomic E-state index is 3.24. The Kier molecular flexibility index (Phi) is 4.22. The van der Waals surface area contributed by atoms with Crippen LogP contribution < -0.4 is 0 Å². The van der Waals surface area contributed by atoms with Gasteiger partial charge in [-0.2, -0.15) is 0 Å². The Bertz CT molecular complexity index is 81.7. The molecular weight excluding hydrogens is 237 g/mol. The molecule has 0 radical (unpaired) electrons. The van der Waals surface area contributed by atoms with E-state index in [0.29, 0.717) is 0 Å². The second-order valence-corrected chi connectivity index (χ2v) is 17.6. The molecule has 0 saturated heterocycles. The van der Waals surface area contributed by atoms with Crippen molar-refractivity contribution < 1.29 is 0 Å². The van der Waals surface area contributed by atoms with Crippen molar-refractivity contribution in [3.63, 3.8) is 0 Å². The van der Waals surface area contributed by atoms with Crippen molar-refractivity contribution in [3.05, 3.63) is 0 Å². The van der Waals surface area contributed by atoms with Gasteiger partial charge in [0.25, 0.3) is 0 Å². The van der Waals surface area contributed by atoms with Gasteiger partial charge in [-0.05, 0) is 0 Å². The van der Waals surface area contributed by atoms with Crippen LogP contribution in [0, 0.1) is 0 Å². The van der Waals surface area contributed by atoms with Crippen molar-refractivity contribution in [2.24, 2.45) is 0 Å². The SMILES string of the molecule is CCP(=[Se])([SeH])CC. The minimum atomic E-state index is -0.592. The first-order valence-electron chi connectivity index (χ1n) is 2.43. The van der Waals surface area contributed by atoms with Gasteiger partial charge in [0, 0.05) is 0 Å². The molecule has 0 aliphatic heterocycles. The molecule has 0 bridgehead atoms. The van der Waals surface area contributed by atoms with Gasteiger partial charge in [-0.3, -0.25) is 0 Å². The molecule has 0 saturated carbocycles. The molecule has 0 aromatic carbocycles. The van der Waals surface area contributed by atoms with Crippen LogP contribution in [-0.4, -0.2) is 43.0 Å². The Balaban J connectivity index is 3.61. The van der Waals surface area contributed by atoms with E-state index in [9.17, 15) is 0 Å². The Morgan fingerprint density at radius 1 is 1.43 bits per heavy atom. The minimum absolute atomic E-state index is 0.592. The molecule has 0 unspecified atom stereocenters. The fourth-order valence-corrected chi connectivity index (χ4v) is 0.671. The molecule has 0 fully saturated rings. The van der Waals surface area contributed by atoms with Gasteiger partial charge in [0.2, 0.25) is 0 Å². The third kappa shape index (κ3) is 4.00. The van der Waals surface area contributed by atoms with Gasteiger partial charge in [-0.15, -0.1) is 0 Å². The summed E-state index contributed by atoms with van der Waals surface area (Å²) in [7, 11) is 0. The van der Waals surface area contributed by atoms with Gasteiger partial charge >= 0.3 is 61.0 Å². The van der Waals surface area contributed by atoms with Crippen molar-refractivity contribution in [1.29, 1.82) is 0 Å². The van der Waals surface area contributed by atoms with E-state index in [4.69, 9.17) is 0 Å². The van der Waals surface area contributed by atoms with E-state index in [0.717, 1.165) is 0 Å². The van der Waals surface area contributed by atoms with Gasteiger partial charge in [-0.25, -0.2) is 0 Å². The van der Waals surface area contributed by atoms with Gasteiger partial charge in [-0.1, -0.05) is 0 Å². The Labute approximate surface area is 61.1 Å². The van der Waals surface area contributed by atoms with E-state index in [1.807, 2.05) is 0 Å². The summed E-state index contributed by atoms with van der Waals surface area (Å²) < 4.78 is -0.592. The van der Waals surface area contributed by atoms with Crippen LogP contribution in [0.3, 0.4) is 0 Å². The van der Waals surface area contributed by atoms with E-state index in [-0.39, 0.29) is 0 Å². The first kappa shape index (κ1) is 8.47. The van der Waals surface area contributed by atoms with Crippen LogP contribution >= 0.6 is 4.20 Å². The van der Waals surface area contributed by atoms with Crippen LogP contribution in [0.5, 0.6) is 0 Å². The van der Waals surface area contributed by atoms with E-state index < -0.39 is 4.20 Å². The van der Waals surface area contributed by atoms with Crippen molar-refractivity contribution >= 4 is 34.9 Å². The van der Waals surface area contributed by atoms with E-state index in [1.165, 1.54) is 12.3 Å². The van der Waals surface area contributed by atoms with Crippen LogP contribution in [0.2, 0.25) is 0 Å². The second kappa shape index (κ2) is 3.49. The molecule has 44 valence electrons. The zero-order chi connectivity index (χ0) is 5.91. The summed E-state index contributed by atoms with van der Waals surface area (Å²) in [6.07, 6.45) is 2.65. The fraction of sp³-hybridized carbons (Fsp3) is 1.00. The zero-order valence-electron chi connectivity index (χ0n) is 4.72. The molecule has 0 amide bonds. The van der Waals surface area contributed by atoms with E-state index in [2.05, 4.69) is 44.5 Å². The fourth-order valence-electron chi connectivity index (χ4n) is 0.224. The third-order valence-corrected chi connectivity index (χ3v) is 9.78. The Hall–Kier alpha value is 1.47. The zero-order valence-corrected chi connectivity index (χ0v) is 9.20. The summed E-state index contributed by atoms with van der Waals surface area (Å²) in [6, 6.07) is 0. The van der Waals surface area contributed by atoms with Crippen LogP contribution in [0.25, 0.3) is 0 Å². The van der Waals surface area contributed by atoms with Gasteiger partial charge in [0.05, 0.1) is 0 Å². The summed E-state index contributed by atoms with van der Waals surface area (Å²) in [5, 5.41) is 0. The van der Waals surface area contributed by atoms with Crippen LogP contribution in [0.1, 0.15) is 13.8 Å². The van der Waals surface area contributed by atoms with Crippen molar-refractivity contribution in [3.8, 4) is 0 Å². The monoisotopic (exact) mass is 250 g/mol. The van der Waals surface area contributed by atoms with Gasteiger partial charge < -0.3 is 0 Å². The van der Waals surface area contributed by atoms with Crippen molar-refractivity contribution in [2.45, 2.75) is 13.8 Å². The average molecular weight is 248 g/mol. The van der Waals surface area contributed by atoms with E-state index >= 15 is 0 Å². The van der Waals surface area contributed by atoms with E-state index in [1.54, 1.807) is 0 Å². The third-order valence-electron chi connectivity index (χ3n) is 0.988. The molecule has 0 spiro atoms. The number of rotatable bonds is 2. The molecule has 0 rings (SSSR count). The predicted octanol–water partition coefficient (Wildman–Crippen LogP) is 0.943. The summed E-state index contributed by atoms with van der Waals surface area (Å²) in [4.78, 5) is 0. The quantitative estimate of drug-likeness (QED) is 0.504. The normalized spacial score (nSPS) is 11.9. The number of hydrogen-bond donors (Lipinski definition) is 0. The molecular formula is C4H11PSe2. The molecule has 0 atom stereocenters. The first-order valence-corrected chi connectivity index (χ1v) is 9.28. The molecule has 0 aromatic rings. The van der Waals surface area contributed by atoms with Crippen molar-refractivity contribution in [1.82, 2.24) is 0 Å². The van der Waals surface area contributed by atoms with Crippen LogP contribution in [-0.2, 0) is 0 Å². The molecule has 0 N–H and O–H groups in total.